The first-order valence-corrected chi connectivity index (χ1v) is 14.8. The highest BCUT2D eigenvalue weighted by Crippen LogP contribution is 2.24. The summed E-state index contributed by atoms with van der Waals surface area (Å²) in [6, 6.07) is 12.6. The highest BCUT2D eigenvalue weighted by molar-refractivity contribution is 7.92. The number of carbonyl (C=O) groups excluding carboxylic acids is 2. The smallest absolute Gasteiger partial charge is 0.244 e. The van der Waals surface area contributed by atoms with E-state index in [1.54, 1.807) is 42.5 Å². The van der Waals surface area contributed by atoms with E-state index >= 15 is 0 Å². The molecule has 0 unspecified atom stereocenters. The predicted molar refractivity (Wildman–Crippen MR) is 145 cm³/mol. The van der Waals surface area contributed by atoms with Gasteiger partial charge in [0, 0.05) is 22.6 Å². The summed E-state index contributed by atoms with van der Waals surface area (Å²) in [6.07, 6.45) is 6.53. The van der Waals surface area contributed by atoms with Crippen molar-refractivity contribution in [1.82, 2.24) is 10.2 Å². The van der Waals surface area contributed by atoms with Crippen molar-refractivity contribution >= 4 is 50.7 Å². The quantitative estimate of drug-likeness (QED) is 0.447. The summed E-state index contributed by atoms with van der Waals surface area (Å²) >= 11 is 12.4. The van der Waals surface area contributed by atoms with Gasteiger partial charge in [-0.05, 0) is 55.2 Å². The van der Waals surface area contributed by atoms with Gasteiger partial charge in [-0.25, -0.2) is 8.42 Å². The summed E-state index contributed by atoms with van der Waals surface area (Å²) in [5.74, 6) is -0.733. The minimum Gasteiger partial charge on any atom is -0.352 e. The maximum atomic E-state index is 13.7. The van der Waals surface area contributed by atoms with Gasteiger partial charge in [0.2, 0.25) is 21.8 Å². The van der Waals surface area contributed by atoms with Gasteiger partial charge in [-0.3, -0.25) is 13.9 Å². The summed E-state index contributed by atoms with van der Waals surface area (Å²) in [4.78, 5) is 28.5. The van der Waals surface area contributed by atoms with Crippen molar-refractivity contribution in [1.29, 1.82) is 0 Å². The van der Waals surface area contributed by atoms with Gasteiger partial charge in [0.1, 0.15) is 12.6 Å². The van der Waals surface area contributed by atoms with E-state index in [1.165, 1.54) is 4.90 Å². The predicted octanol–water partition coefficient (Wildman–Crippen LogP) is 5.02. The molecule has 0 bridgehead atoms. The van der Waals surface area contributed by atoms with E-state index in [9.17, 15) is 18.0 Å². The molecule has 0 spiro atoms. The fourth-order valence-electron chi connectivity index (χ4n) is 4.50. The molecule has 196 valence electrons. The molecule has 1 aliphatic carbocycles. The van der Waals surface area contributed by atoms with E-state index in [0.717, 1.165) is 42.7 Å². The van der Waals surface area contributed by atoms with Crippen molar-refractivity contribution in [2.24, 2.45) is 0 Å². The van der Waals surface area contributed by atoms with Crippen LogP contribution in [-0.4, -0.2) is 50.0 Å². The van der Waals surface area contributed by atoms with Crippen molar-refractivity contribution in [3.8, 4) is 0 Å². The fourth-order valence-corrected chi connectivity index (χ4v) is 5.67. The molecule has 2 aromatic carbocycles. The van der Waals surface area contributed by atoms with Gasteiger partial charge < -0.3 is 10.2 Å². The molecule has 3 rings (SSSR count). The van der Waals surface area contributed by atoms with Crippen LogP contribution in [0.2, 0.25) is 10.0 Å². The molecule has 0 saturated heterocycles. The standard InChI is InChI=1S/C26H33Cl2N3O4S/c1-3-24(26(33)29-21-10-5-4-6-11-21)30(17-19-9-7-8-12-23(19)28)25(32)18-31(36(2,34)35)22-15-13-20(27)14-16-22/h7-9,12-16,21,24H,3-6,10-11,17-18H2,1-2H3,(H,29,33)/t24-/m0/s1. The van der Waals surface area contributed by atoms with Gasteiger partial charge in [-0.15, -0.1) is 0 Å². The highest BCUT2D eigenvalue weighted by atomic mass is 35.5. The maximum Gasteiger partial charge on any atom is 0.244 e. The Kier molecular flexibility index (Phi) is 10.0. The molecule has 0 heterocycles. The van der Waals surface area contributed by atoms with Gasteiger partial charge in [0.25, 0.3) is 0 Å². The molecule has 1 saturated carbocycles. The largest absolute Gasteiger partial charge is 0.352 e. The maximum absolute atomic E-state index is 13.7. The zero-order valence-corrected chi connectivity index (χ0v) is 23.0. The molecule has 36 heavy (non-hydrogen) atoms. The van der Waals surface area contributed by atoms with E-state index in [2.05, 4.69) is 5.32 Å². The van der Waals surface area contributed by atoms with Crippen LogP contribution in [0.1, 0.15) is 51.0 Å². The Morgan fingerprint density at radius 3 is 2.25 bits per heavy atom. The van der Waals surface area contributed by atoms with Gasteiger partial charge in [0.15, 0.2) is 0 Å². The molecule has 1 N–H and O–H groups in total. The first-order valence-electron chi connectivity index (χ1n) is 12.2. The minimum absolute atomic E-state index is 0.0767. The minimum atomic E-state index is -3.80. The first kappa shape index (κ1) is 28.3. The van der Waals surface area contributed by atoms with E-state index in [0.29, 0.717) is 27.7 Å². The topological polar surface area (TPSA) is 86.8 Å². The van der Waals surface area contributed by atoms with Crippen LogP contribution in [0.5, 0.6) is 0 Å². The average Bonchev–Trinajstić information content (AvgIpc) is 2.84. The Labute approximate surface area is 223 Å². The van der Waals surface area contributed by atoms with Crippen molar-refractivity contribution in [3.05, 3.63) is 64.1 Å². The van der Waals surface area contributed by atoms with E-state index < -0.39 is 28.5 Å². The van der Waals surface area contributed by atoms with Crippen LogP contribution in [0.3, 0.4) is 0 Å². The van der Waals surface area contributed by atoms with E-state index in [-0.39, 0.29) is 18.5 Å². The summed E-state index contributed by atoms with van der Waals surface area (Å²) in [5, 5.41) is 4.03. The van der Waals surface area contributed by atoms with Crippen LogP contribution in [-0.2, 0) is 26.2 Å². The molecule has 10 heteroatoms. The van der Waals surface area contributed by atoms with Gasteiger partial charge in [-0.2, -0.15) is 0 Å². The third-order valence-electron chi connectivity index (χ3n) is 6.43. The monoisotopic (exact) mass is 553 g/mol. The first-order chi connectivity index (χ1) is 17.1. The molecule has 7 nitrogen and oxygen atoms in total. The molecule has 2 amide bonds. The summed E-state index contributed by atoms with van der Waals surface area (Å²) in [6.45, 7) is 1.46. The molecular formula is C26H33Cl2N3O4S. The molecular weight excluding hydrogens is 521 g/mol. The van der Waals surface area contributed by atoms with Gasteiger partial charge in [0.05, 0.1) is 11.9 Å². The second-order valence-corrected chi connectivity index (χ2v) is 11.9. The summed E-state index contributed by atoms with van der Waals surface area (Å²) in [7, 11) is -3.80. The number of nitrogens with zero attached hydrogens (tertiary/aromatic N) is 2. The SMILES string of the molecule is CC[C@@H](C(=O)NC1CCCCC1)N(Cc1ccccc1Cl)C(=O)CN(c1ccc(Cl)cc1)S(C)(=O)=O. The third-order valence-corrected chi connectivity index (χ3v) is 8.19. The number of carbonyl (C=O) groups is 2. The number of sulfonamides is 1. The lowest BCUT2D eigenvalue weighted by atomic mass is 9.95. The Hall–Kier alpha value is -2.29. The summed E-state index contributed by atoms with van der Waals surface area (Å²) < 4.78 is 26.3. The molecule has 1 aliphatic rings. The molecule has 1 atom stereocenters. The van der Waals surface area contributed by atoms with Crippen molar-refractivity contribution < 1.29 is 18.0 Å². The van der Waals surface area contributed by atoms with Crippen molar-refractivity contribution in [3.63, 3.8) is 0 Å². The number of halogens is 2. The molecule has 2 aromatic rings. The number of hydrogen-bond acceptors (Lipinski definition) is 4. The lowest BCUT2D eigenvalue weighted by Gasteiger charge is -2.34. The van der Waals surface area contributed by atoms with E-state index in [1.807, 2.05) is 13.0 Å². The van der Waals surface area contributed by atoms with Crippen LogP contribution < -0.4 is 9.62 Å². The zero-order chi connectivity index (χ0) is 26.3. The summed E-state index contributed by atoms with van der Waals surface area (Å²) in [5.41, 5.74) is 0.987. The van der Waals surface area contributed by atoms with Gasteiger partial charge in [-0.1, -0.05) is 67.6 Å². The zero-order valence-electron chi connectivity index (χ0n) is 20.6. The molecule has 1 fully saturated rings. The molecule has 0 radical (unpaired) electrons. The van der Waals surface area contributed by atoms with Crippen LogP contribution in [0.25, 0.3) is 0 Å². The Bertz CT molecular complexity index is 1150. The Morgan fingerprint density at radius 2 is 1.67 bits per heavy atom. The third kappa shape index (κ3) is 7.60. The number of rotatable bonds is 10. The second kappa shape index (κ2) is 12.8. The van der Waals surface area contributed by atoms with Crippen LogP contribution in [0.4, 0.5) is 5.69 Å². The number of anilines is 1. The number of benzene rings is 2. The second-order valence-electron chi connectivity index (χ2n) is 9.13. The van der Waals surface area contributed by atoms with Gasteiger partial charge >= 0.3 is 0 Å². The fraction of sp³-hybridized carbons (Fsp3) is 0.462. The Balaban J connectivity index is 1.91. The molecule has 0 aromatic heterocycles. The number of hydrogen-bond donors (Lipinski definition) is 1. The van der Waals surface area contributed by atoms with Crippen LogP contribution >= 0.6 is 23.2 Å². The van der Waals surface area contributed by atoms with Crippen molar-refractivity contribution in [2.45, 2.75) is 64.1 Å². The number of amides is 2. The normalized spacial score (nSPS) is 15.2. The Morgan fingerprint density at radius 1 is 1.03 bits per heavy atom. The van der Waals surface area contributed by atoms with Crippen LogP contribution in [0.15, 0.2) is 48.5 Å². The van der Waals surface area contributed by atoms with E-state index in [4.69, 9.17) is 23.2 Å². The highest BCUT2D eigenvalue weighted by Gasteiger charge is 2.33. The lowest BCUT2D eigenvalue weighted by Crippen LogP contribution is -2.54. The lowest BCUT2D eigenvalue weighted by molar-refractivity contribution is -0.140. The van der Waals surface area contributed by atoms with Crippen LogP contribution in [0, 0.1) is 0 Å². The molecule has 0 aliphatic heterocycles. The number of nitrogens with one attached hydrogen (secondary N) is 1. The van der Waals surface area contributed by atoms with Crippen molar-refractivity contribution in [2.75, 3.05) is 17.1 Å². The average molecular weight is 555 g/mol.